The van der Waals surface area contributed by atoms with E-state index < -0.39 is 0 Å². The van der Waals surface area contributed by atoms with Crippen LogP contribution in [0.15, 0.2) is 36.5 Å². The number of rotatable bonds is 5. The normalized spacial score (nSPS) is 24.5. The van der Waals surface area contributed by atoms with Crippen LogP contribution < -0.4 is 16.4 Å². The Morgan fingerprint density at radius 1 is 1.26 bits per heavy atom. The van der Waals surface area contributed by atoms with Gasteiger partial charge in [-0.25, -0.2) is 9.37 Å². The van der Waals surface area contributed by atoms with Crippen molar-refractivity contribution in [2.75, 3.05) is 18.4 Å². The molecular formula is C22H26FN7O. The number of carbonyl (C=O) groups is 1. The van der Waals surface area contributed by atoms with E-state index in [9.17, 15) is 9.18 Å². The SMILES string of the molecule is NC(=O)C1CCCN1C1CCNC(c2nc(Nc3cccc(F)c3)nc3[nH]ccc23)C1. The lowest BCUT2D eigenvalue weighted by atomic mass is 9.94. The van der Waals surface area contributed by atoms with E-state index >= 15 is 0 Å². The van der Waals surface area contributed by atoms with Crippen molar-refractivity contribution in [3.63, 3.8) is 0 Å². The maximum atomic E-state index is 13.6. The summed E-state index contributed by atoms with van der Waals surface area (Å²) in [5.74, 6) is -0.141. The Bertz CT molecular complexity index is 1100. The monoisotopic (exact) mass is 423 g/mol. The minimum absolute atomic E-state index is 0.0160. The van der Waals surface area contributed by atoms with E-state index in [-0.39, 0.29) is 29.8 Å². The smallest absolute Gasteiger partial charge is 0.234 e. The van der Waals surface area contributed by atoms with Crippen LogP contribution in [0, 0.1) is 5.82 Å². The van der Waals surface area contributed by atoms with Crippen LogP contribution in [0.5, 0.6) is 0 Å². The molecule has 31 heavy (non-hydrogen) atoms. The van der Waals surface area contributed by atoms with Gasteiger partial charge in [-0.05, 0) is 63.0 Å². The molecule has 0 aliphatic carbocycles. The highest BCUT2D eigenvalue weighted by Gasteiger charge is 2.37. The highest BCUT2D eigenvalue weighted by atomic mass is 19.1. The van der Waals surface area contributed by atoms with E-state index in [1.165, 1.54) is 12.1 Å². The summed E-state index contributed by atoms with van der Waals surface area (Å²) in [5, 5.41) is 7.65. The van der Waals surface area contributed by atoms with Crippen LogP contribution in [0.1, 0.15) is 37.4 Å². The molecule has 2 aliphatic rings. The number of primary amides is 1. The summed E-state index contributed by atoms with van der Waals surface area (Å²) < 4.78 is 13.6. The molecule has 2 saturated heterocycles. The number of amides is 1. The third kappa shape index (κ3) is 3.98. The summed E-state index contributed by atoms with van der Waals surface area (Å²) in [5.41, 5.74) is 7.86. The van der Waals surface area contributed by atoms with Gasteiger partial charge in [0.25, 0.3) is 0 Å². The molecule has 162 valence electrons. The van der Waals surface area contributed by atoms with Crippen molar-refractivity contribution in [2.45, 2.75) is 43.8 Å². The van der Waals surface area contributed by atoms with Crippen LogP contribution >= 0.6 is 0 Å². The lowest BCUT2D eigenvalue weighted by Gasteiger charge is -2.38. The lowest BCUT2D eigenvalue weighted by molar-refractivity contribution is -0.123. The molecule has 3 atom stereocenters. The average Bonchev–Trinajstić information content (AvgIpc) is 3.43. The molecule has 1 amide bonds. The quantitative estimate of drug-likeness (QED) is 0.502. The first-order chi connectivity index (χ1) is 15.1. The van der Waals surface area contributed by atoms with Gasteiger partial charge >= 0.3 is 0 Å². The number of likely N-dealkylation sites (tertiary alicyclic amines) is 1. The standard InChI is InChI=1S/C22H26FN7O/c23-13-3-1-4-14(11-13)27-22-28-19(16-7-9-26-21(16)29-22)17-12-15(6-8-25-17)30-10-2-5-18(30)20(24)31/h1,3-4,7,9,11,15,17-18,25H,2,5-6,8,10,12H2,(H2,24,31)(H2,26,27,28,29). The molecule has 2 aromatic heterocycles. The van der Waals surface area contributed by atoms with Crippen molar-refractivity contribution in [1.82, 2.24) is 25.2 Å². The molecule has 2 aliphatic heterocycles. The summed E-state index contributed by atoms with van der Waals surface area (Å²) in [6.07, 6.45) is 5.48. The van der Waals surface area contributed by atoms with E-state index in [1.54, 1.807) is 12.1 Å². The predicted octanol–water partition coefficient (Wildman–Crippen LogP) is 2.58. The highest BCUT2D eigenvalue weighted by Crippen LogP contribution is 2.33. The highest BCUT2D eigenvalue weighted by molar-refractivity contribution is 5.81. The zero-order valence-corrected chi connectivity index (χ0v) is 17.1. The number of hydrogen-bond acceptors (Lipinski definition) is 6. The summed E-state index contributed by atoms with van der Waals surface area (Å²) in [6.45, 7) is 1.74. The maximum Gasteiger partial charge on any atom is 0.234 e. The molecule has 3 unspecified atom stereocenters. The first kappa shape index (κ1) is 19.9. The zero-order valence-electron chi connectivity index (χ0n) is 17.1. The Hall–Kier alpha value is -3.04. The number of piperidine rings is 1. The number of nitrogens with zero attached hydrogens (tertiary/aromatic N) is 3. The van der Waals surface area contributed by atoms with E-state index in [4.69, 9.17) is 10.7 Å². The molecule has 0 bridgehead atoms. The van der Waals surface area contributed by atoms with Gasteiger partial charge in [0.1, 0.15) is 11.5 Å². The van der Waals surface area contributed by atoms with Crippen LogP contribution in [-0.4, -0.2) is 50.9 Å². The molecule has 5 rings (SSSR count). The fraction of sp³-hybridized carbons (Fsp3) is 0.409. The second-order valence-corrected chi connectivity index (χ2v) is 8.29. The van der Waals surface area contributed by atoms with Crippen LogP contribution in [0.25, 0.3) is 11.0 Å². The molecule has 0 spiro atoms. The van der Waals surface area contributed by atoms with Gasteiger partial charge in [0.15, 0.2) is 0 Å². The molecule has 5 N–H and O–H groups in total. The summed E-state index contributed by atoms with van der Waals surface area (Å²) in [6, 6.07) is 8.32. The number of fused-ring (bicyclic) bond motifs is 1. The molecule has 0 saturated carbocycles. The van der Waals surface area contributed by atoms with Crippen molar-refractivity contribution in [3.05, 3.63) is 48.0 Å². The first-order valence-electron chi connectivity index (χ1n) is 10.7. The molecule has 2 fully saturated rings. The van der Waals surface area contributed by atoms with Gasteiger partial charge in [-0.15, -0.1) is 0 Å². The van der Waals surface area contributed by atoms with Crippen LogP contribution in [0.3, 0.4) is 0 Å². The van der Waals surface area contributed by atoms with E-state index in [2.05, 4.69) is 25.5 Å². The van der Waals surface area contributed by atoms with Gasteiger partial charge in [0.2, 0.25) is 11.9 Å². The number of carbonyl (C=O) groups excluding carboxylic acids is 1. The molecule has 3 aromatic rings. The number of aromatic nitrogens is 3. The van der Waals surface area contributed by atoms with E-state index in [0.29, 0.717) is 11.6 Å². The molecule has 8 nitrogen and oxygen atoms in total. The Morgan fingerprint density at radius 3 is 3.00 bits per heavy atom. The number of nitrogens with one attached hydrogen (secondary N) is 3. The number of anilines is 2. The fourth-order valence-electron chi connectivity index (χ4n) is 4.92. The Labute approximate surface area is 179 Å². The van der Waals surface area contributed by atoms with Gasteiger partial charge in [-0.2, -0.15) is 4.98 Å². The van der Waals surface area contributed by atoms with Gasteiger partial charge in [-0.1, -0.05) is 6.07 Å². The second kappa shape index (κ2) is 8.24. The van der Waals surface area contributed by atoms with Gasteiger partial charge in [0, 0.05) is 23.3 Å². The third-order valence-corrected chi connectivity index (χ3v) is 6.32. The number of halogens is 1. The fourth-order valence-corrected chi connectivity index (χ4v) is 4.92. The molecule has 9 heteroatoms. The van der Waals surface area contributed by atoms with Crippen LogP contribution in [0.4, 0.5) is 16.0 Å². The Kier molecular flexibility index (Phi) is 5.29. The van der Waals surface area contributed by atoms with Crippen molar-refractivity contribution in [3.8, 4) is 0 Å². The molecule has 0 radical (unpaired) electrons. The summed E-state index contributed by atoms with van der Waals surface area (Å²) in [4.78, 5) is 26.7. The van der Waals surface area contributed by atoms with Crippen molar-refractivity contribution in [2.24, 2.45) is 5.73 Å². The van der Waals surface area contributed by atoms with E-state index in [0.717, 1.165) is 55.5 Å². The largest absolute Gasteiger partial charge is 0.368 e. The minimum atomic E-state index is -0.322. The zero-order chi connectivity index (χ0) is 21.4. The number of hydrogen-bond donors (Lipinski definition) is 4. The first-order valence-corrected chi connectivity index (χ1v) is 10.7. The van der Waals surface area contributed by atoms with E-state index in [1.807, 2.05) is 12.3 Å². The van der Waals surface area contributed by atoms with Crippen LogP contribution in [0.2, 0.25) is 0 Å². The van der Waals surface area contributed by atoms with Crippen molar-refractivity contribution in [1.29, 1.82) is 0 Å². The van der Waals surface area contributed by atoms with Gasteiger partial charge in [0.05, 0.1) is 17.8 Å². The predicted molar refractivity (Wildman–Crippen MR) is 116 cm³/mol. The molecule has 4 heterocycles. The summed E-state index contributed by atoms with van der Waals surface area (Å²) >= 11 is 0. The van der Waals surface area contributed by atoms with Gasteiger partial charge < -0.3 is 21.4 Å². The number of H-pyrrole nitrogens is 1. The lowest BCUT2D eigenvalue weighted by Crippen LogP contribution is -2.50. The number of benzene rings is 1. The molecule has 1 aromatic carbocycles. The topological polar surface area (TPSA) is 112 Å². The average molecular weight is 423 g/mol. The number of nitrogens with two attached hydrogens (primary N) is 1. The minimum Gasteiger partial charge on any atom is -0.368 e. The maximum absolute atomic E-state index is 13.6. The second-order valence-electron chi connectivity index (χ2n) is 8.29. The number of aromatic amines is 1. The van der Waals surface area contributed by atoms with Crippen molar-refractivity contribution >= 4 is 28.6 Å². The van der Waals surface area contributed by atoms with Crippen LogP contribution in [-0.2, 0) is 4.79 Å². The third-order valence-electron chi connectivity index (χ3n) is 6.32. The summed E-state index contributed by atoms with van der Waals surface area (Å²) in [7, 11) is 0. The Balaban J connectivity index is 1.43. The molecular weight excluding hydrogens is 397 g/mol. The van der Waals surface area contributed by atoms with Crippen molar-refractivity contribution < 1.29 is 9.18 Å². The Morgan fingerprint density at radius 2 is 2.16 bits per heavy atom. The van der Waals surface area contributed by atoms with Gasteiger partial charge in [-0.3, -0.25) is 9.69 Å².